The van der Waals surface area contributed by atoms with Crippen LogP contribution in [0.1, 0.15) is 60.0 Å². The number of rotatable bonds is 8. The Labute approximate surface area is 215 Å². The smallest absolute Gasteiger partial charge is 0.257 e. The molecule has 2 N–H and O–H groups in total. The molecule has 1 unspecified atom stereocenters. The van der Waals surface area contributed by atoms with E-state index in [4.69, 9.17) is 4.74 Å². The average Bonchev–Trinajstić information content (AvgIpc) is 3.13. The largest absolute Gasteiger partial charge is 0.496 e. The van der Waals surface area contributed by atoms with Gasteiger partial charge in [0.1, 0.15) is 5.75 Å². The summed E-state index contributed by atoms with van der Waals surface area (Å²) < 4.78 is 34.5. The maximum absolute atomic E-state index is 13.5. The van der Waals surface area contributed by atoms with Crippen molar-refractivity contribution in [3.8, 4) is 5.75 Å². The quantitative estimate of drug-likeness (QED) is 0.452. The molecule has 1 amide bonds. The van der Waals surface area contributed by atoms with Gasteiger partial charge in [0, 0.05) is 35.3 Å². The number of benzene rings is 1. The van der Waals surface area contributed by atoms with Crippen molar-refractivity contribution in [2.24, 2.45) is 5.92 Å². The summed E-state index contributed by atoms with van der Waals surface area (Å²) in [6.07, 6.45) is 1.64. The number of aromatic amines is 1. The van der Waals surface area contributed by atoms with E-state index in [0.717, 1.165) is 36.4 Å². The molecule has 2 aromatic heterocycles. The maximum Gasteiger partial charge on any atom is 0.257 e. The highest BCUT2D eigenvalue weighted by Gasteiger charge is 2.32. The van der Waals surface area contributed by atoms with Crippen molar-refractivity contribution < 1.29 is 18.3 Å². The number of nitrogens with one attached hydrogen (secondary N) is 2. The lowest BCUT2D eigenvalue weighted by Gasteiger charge is -2.37. The standard InChI is InChI=1S/C28H36F2N4O3/c1-17-14-24(37-5)22(26(35)32-17)15-31-27(36)25-19(3)34(23-9-7-6-8-21(23)25)18(2)20-10-12-33(13-11-20)16-28(4,29)30/h6-9,14,18,20H,10-13,15-16H2,1-5H3,(H,31,36)(H,32,35). The number of hydrogen-bond acceptors (Lipinski definition) is 4. The number of para-hydroxylation sites is 1. The van der Waals surface area contributed by atoms with Crippen LogP contribution < -0.4 is 15.6 Å². The van der Waals surface area contributed by atoms with Crippen molar-refractivity contribution in [2.45, 2.75) is 59.0 Å². The third-order valence-corrected chi connectivity index (χ3v) is 7.48. The SMILES string of the molecule is COc1cc(C)[nH]c(=O)c1CNC(=O)c1c(C)n(C(C)C2CCN(CC(C)(F)F)CC2)c2ccccc12. The van der Waals surface area contributed by atoms with Gasteiger partial charge in [-0.3, -0.25) is 14.5 Å². The van der Waals surface area contributed by atoms with Crippen LogP contribution in [0.5, 0.6) is 5.75 Å². The molecular weight excluding hydrogens is 478 g/mol. The molecule has 0 saturated carbocycles. The Bertz CT molecular complexity index is 1330. The summed E-state index contributed by atoms with van der Waals surface area (Å²) in [5.41, 5.74) is 3.13. The number of fused-ring (bicyclic) bond motifs is 1. The first kappa shape index (κ1) is 26.9. The second-order valence-corrected chi connectivity index (χ2v) is 10.3. The minimum atomic E-state index is -2.69. The predicted octanol–water partition coefficient (Wildman–Crippen LogP) is 4.81. The van der Waals surface area contributed by atoms with Crippen LogP contribution in [0.3, 0.4) is 0 Å². The number of halogens is 2. The van der Waals surface area contributed by atoms with Crippen molar-refractivity contribution in [1.82, 2.24) is 19.8 Å². The van der Waals surface area contributed by atoms with Gasteiger partial charge in [0.15, 0.2) is 0 Å². The zero-order valence-electron chi connectivity index (χ0n) is 22.2. The van der Waals surface area contributed by atoms with Gasteiger partial charge >= 0.3 is 0 Å². The summed E-state index contributed by atoms with van der Waals surface area (Å²) in [6, 6.07) is 9.63. The van der Waals surface area contributed by atoms with E-state index in [2.05, 4.69) is 21.8 Å². The summed E-state index contributed by atoms with van der Waals surface area (Å²) in [4.78, 5) is 30.5. The molecule has 3 heterocycles. The minimum Gasteiger partial charge on any atom is -0.496 e. The number of pyridine rings is 1. The highest BCUT2D eigenvalue weighted by atomic mass is 19.3. The van der Waals surface area contributed by atoms with Crippen molar-refractivity contribution in [3.05, 3.63) is 63.2 Å². The van der Waals surface area contributed by atoms with Crippen LogP contribution in [-0.2, 0) is 6.54 Å². The normalized spacial score (nSPS) is 16.2. The van der Waals surface area contributed by atoms with E-state index in [0.29, 0.717) is 41.6 Å². The molecule has 1 atom stereocenters. The molecule has 200 valence electrons. The van der Waals surface area contributed by atoms with Crippen LogP contribution in [0, 0.1) is 19.8 Å². The number of carbonyl (C=O) groups excluding carboxylic acids is 1. The maximum atomic E-state index is 13.5. The Morgan fingerprint density at radius 2 is 1.92 bits per heavy atom. The Balaban J connectivity index is 1.58. The summed E-state index contributed by atoms with van der Waals surface area (Å²) in [5.74, 6) is -2.22. The van der Waals surface area contributed by atoms with Crippen molar-refractivity contribution in [2.75, 3.05) is 26.7 Å². The topological polar surface area (TPSA) is 79.4 Å². The number of H-pyrrole nitrogens is 1. The molecule has 1 aliphatic rings. The molecule has 9 heteroatoms. The number of alkyl halides is 2. The van der Waals surface area contributed by atoms with Crippen LogP contribution in [0.4, 0.5) is 8.78 Å². The van der Waals surface area contributed by atoms with Gasteiger partial charge in [-0.05, 0) is 64.8 Å². The van der Waals surface area contributed by atoms with E-state index in [-0.39, 0.29) is 30.6 Å². The number of hydrogen-bond donors (Lipinski definition) is 2. The molecule has 0 spiro atoms. The Hall–Kier alpha value is -3.20. The zero-order chi connectivity index (χ0) is 26.9. The highest BCUT2D eigenvalue weighted by Crippen LogP contribution is 2.36. The Morgan fingerprint density at radius 3 is 2.57 bits per heavy atom. The van der Waals surface area contributed by atoms with Crippen LogP contribution >= 0.6 is 0 Å². The first-order chi connectivity index (χ1) is 17.5. The molecule has 0 bridgehead atoms. The summed E-state index contributed by atoms with van der Waals surface area (Å²) in [6.45, 7) is 7.92. The third kappa shape index (κ3) is 5.71. The van der Waals surface area contributed by atoms with Gasteiger partial charge in [-0.15, -0.1) is 0 Å². The van der Waals surface area contributed by atoms with E-state index in [9.17, 15) is 18.4 Å². The van der Waals surface area contributed by atoms with Crippen molar-refractivity contribution in [1.29, 1.82) is 0 Å². The molecule has 0 radical (unpaired) electrons. The number of carbonyl (C=O) groups is 1. The summed E-state index contributed by atoms with van der Waals surface area (Å²) >= 11 is 0. The third-order valence-electron chi connectivity index (χ3n) is 7.48. The van der Waals surface area contributed by atoms with Crippen LogP contribution in [0.15, 0.2) is 35.1 Å². The number of aromatic nitrogens is 2. The lowest BCUT2D eigenvalue weighted by atomic mass is 9.89. The Kier molecular flexibility index (Phi) is 7.73. The summed E-state index contributed by atoms with van der Waals surface area (Å²) in [5, 5.41) is 3.76. The molecule has 4 rings (SSSR count). The monoisotopic (exact) mass is 514 g/mol. The van der Waals surface area contributed by atoms with E-state index in [1.165, 1.54) is 7.11 Å². The number of methoxy groups -OCH3 is 1. The van der Waals surface area contributed by atoms with E-state index in [1.807, 2.05) is 36.1 Å². The van der Waals surface area contributed by atoms with Gasteiger partial charge in [-0.2, -0.15) is 0 Å². The fourth-order valence-electron chi connectivity index (χ4n) is 5.69. The van der Waals surface area contributed by atoms with Gasteiger partial charge < -0.3 is 19.6 Å². The zero-order valence-corrected chi connectivity index (χ0v) is 22.2. The van der Waals surface area contributed by atoms with E-state index in [1.54, 1.807) is 13.0 Å². The molecule has 3 aromatic rings. The number of nitrogens with zero attached hydrogens (tertiary/aromatic N) is 2. The average molecular weight is 515 g/mol. The summed E-state index contributed by atoms with van der Waals surface area (Å²) in [7, 11) is 1.50. The first-order valence-corrected chi connectivity index (χ1v) is 12.7. The molecule has 37 heavy (non-hydrogen) atoms. The lowest BCUT2D eigenvalue weighted by Crippen LogP contribution is -2.41. The Morgan fingerprint density at radius 1 is 1.24 bits per heavy atom. The van der Waals surface area contributed by atoms with Crippen molar-refractivity contribution >= 4 is 16.8 Å². The van der Waals surface area contributed by atoms with Gasteiger partial charge in [0.05, 0.1) is 31.3 Å². The predicted molar refractivity (Wildman–Crippen MR) is 141 cm³/mol. The molecule has 7 nitrogen and oxygen atoms in total. The molecule has 1 aromatic carbocycles. The van der Waals surface area contributed by atoms with Gasteiger partial charge in [0.2, 0.25) is 0 Å². The molecule has 1 fully saturated rings. The molecule has 0 aliphatic carbocycles. The van der Waals surface area contributed by atoms with Crippen LogP contribution in [-0.4, -0.2) is 53.0 Å². The number of aryl methyl sites for hydroxylation is 1. The molecule has 1 saturated heterocycles. The molecular formula is C28H36F2N4O3. The lowest BCUT2D eigenvalue weighted by molar-refractivity contribution is -0.0239. The molecule has 1 aliphatic heterocycles. The van der Waals surface area contributed by atoms with E-state index < -0.39 is 5.92 Å². The first-order valence-electron chi connectivity index (χ1n) is 12.7. The van der Waals surface area contributed by atoms with Crippen molar-refractivity contribution in [3.63, 3.8) is 0 Å². The fraction of sp³-hybridized carbons (Fsp3) is 0.500. The van der Waals surface area contributed by atoms with Crippen LogP contribution in [0.2, 0.25) is 0 Å². The second-order valence-electron chi connectivity index (χ2n) is 10.3. The number of amides is 1. The van der Waals surface area contributed by atoms with Gasteiger partial charge in [0.25, 0.3) is 17.4 Å². The number of ether oxygens (including phenoxy) is 1. The number of piperidine rings is 1. The minimum absolute atomic E-state index is 0.0344. The van der Waals surface area contributed by atoms with Crippen LogP contribution in [0.25, 0.3) is 10.9 Å². The number of likely N-dealkylation sites (tertiary alicyclic amines) is 1. The fourth-order valence-corrected chi connectivity index (χ4v) is 5.69. The van der Waals surface area contributed by atoms with Gasteiger partial charge in [-0.25, -0.2) is 8.78 Å². The second kappa shape index (κ2) is 10.7. The van der Waals surface area contributed by atoms with Gasteiger partial charge in [-0.1, -0.05) is 18.2 Å². The highest BCUT2D eigenvalue weighted by molar-refractivity contribution is 6.08. The van der Waals surface area contributed by atoms with E-state index >= 15 is 0 Å².